The predicted octanol–water partition coefficient (Wildman–Crippen LogP) is 0.302. The number of carbonyl (C=O) groups is 1. The van der Waals surface area contributed by atoms with Crippen molar-refractivity contribution in [3.05, 3.63) is 18.2 Å². The smallest absolute Gasteiger partial charge is 0.234 e. The van der Waals surface area contributed by atoms with Gasteiger partial charge in [-0.05, 0) is 18.2 Å². The second kappa shape index (κ2) is 7.88. The fourth-order valence-electron chi connectivity index (χ4n) is 1.35. The highest BCUT2D eigenvalue weighted by molar-refractivity contribution is 8.00. The third kappa shape index (κ3) is 5.37. The summed E-state index contributed by atoms with van der Waals surface area (Å²) in [4.78, 5) is 11.7. The molecular weight excluding hydrogens is 268 g/mol. The SMILES string of the molecule is COc1ccc(N)cc1NC(=O)CSCC(O)CO. The highest BCUT2D eigenvalue weighted by Gasteiger charge is 2.09. The quantitative estimate of drug-likeness (QED) is 0.537. The molecule has 1 unspecified atom stereocenters. The van der Waals surface area contributed by atoms with Crippen LogP contribution in [0.3, 0.4) is 0 Å². The molecule has 5 N–H and O–H groups in total. The van der Waals surface area contributed by atoms with Gasteiger partial charge in [0.05, 0.1) is 31.3 Å². The van der Waals surface area contributed by atoms with Crippen molar-refractivity contribution in [1.29, 1.82) is 0 Å². The molecule has 0 fully saturated rings. The Bertz CT molecular complexity index is 428. The number of carbonyl (C=O) groups excluding carboxylic acids is 1. The maximum absolute atomic E-state index is 11.7. The van der Waals surface area contributed by atoms with E-state index in [9.17, 15) is 4.79 Å². The Morgan fingerprint density at radius 1 is 1.58 bits per heavy atom. The third-order valence-corrected chi connectivity index (χ3v) is 3.34. The van der Waals surface area contributed by atoms with Crippen LogP contribution >= 0.6 is 11.8 Å². The Morgan fingerprint density at radius 3 is 2.95 bits per heavy atom. The highest BCUT2D eigenvalue weighted by atomic mass is 32.2. The Kier molecular flexibility index (Phi) is 6.48. The molecule has 1 aromatic rings. The number of aliphatic hydroxyl groups is 2. The van der Waals surface area contributed by atoms with Gasteiger partial charge in [-0.2, -0.15) is 0 Å². The van der Waals surface area contributed by atoms with E-state index in [1.165, 1.54) is 18.9 Å². The number of nitrogens with two attached hydrogens (primary N) is 1. The van der Waals surface area contributed by atoms with Gasteiger partial charge in [-0.3, -0.25) is 4.79 Å². The lowest BCUT2D eigenvalue weighted by atomic mass is 10.2. The van der Waals surface area contributed by atoms with Crippen LogP contribution in [-0.2, 0) is 4.79 Å². The summed E-state index contributed by atoms with van der Waals surface area (Å²) in [5.74, 6) is 0.787. The molecule has 0 saturated heterocycles. The first-order valence-corrected chi connectivity index (χ1v) is 6.82. The lowest BCUT2D eigenvalue weighted by Gasteiger charge is -2.11. The van der Waals surface area contributed by atoms with Gasteiger partial charge < -0.3 is 26.0 Å². The van der Waals surface area contributed by atoms with Gasteiger partial charge in [0.25, 0.3) is 0 Å². The molecule has 7 heteroatoms. The van der Waals surface area contributed by atoms with Gasteiger partial charge in [0.1, 0.15) is 5.75 Å². The van der Waals surface area contributed by atoms with Crippen LogP contribution in [0, 0.1) is 0 Å². The van der Waals surface area contributed by atoms with Gasteiger partial charge in [-0.15, -0.1) is 11.8 Å². The summed E-state index contributed by atoms with van der Waals surface area (Å²) in [6, 6.07) is 4.97. The fourth-order valence-corrected chi connectivity index (χ4v) is 2.10. The van der Waals surface area contributed by atoms with Crippen molar-refractivity contribution in [2.45, 2.75) is 6.10 Å². The molecule has 19 heavy (non-hydrogen) atoms. The lowest BCUT2D eigenvalue weighted by Crippen LogP contribution is -2.19. The molecule has 1 atom stereocenters. The van der Waals surface area contributed by atoms with Crippen LogP contribution in [0.5, 0.6) is 5.75 Å². The van der Waals surface area contributed by atoms with Crippen molar-refractivity contribution in [3.63, 3.8) is 0 Å². The monoisotopic (exact) mass is 286 g/mol. The van der Waals surface area contributed by atoms with Crippen molar-refractivity contribution >= 4 is 29.0 Å². The number of nitrogens with one attached hydrogen (secondary N) is 1. The Labute approximate surface area is 115 Å². The summed E-state index contributed by atoms with van der Waals surface area (Å²) in [6.45, 7) is -0.308. The predicted molar refractivity (Wildman–Crippen MR) is 76.5 cm³/mol. The molecule has 0 bridgehead atoms. The van der Waals surface area contributed by atoms with Crippen molar-refractivity contribution < 1.29 is 19.7 Å². The van der Waals surface area contributed by atoms with Crippen LogP contribution in [0.2, 0.25) is 0 Å². The molecule has 0 aromatic heterocycles. The summed E-state index contributed by atoms with van der Waals surface area (Å²) >= 11 is 1.24. The summed E-state index contributed by atoms with van der Waals surface area (Å²) < 4.78 is 5.11. The number of benzene rings is 1. The summed E-state index contributed by atoms with van der Waals surface area (Å²) in [5.41, 5.74) is 6.68. The van der Waals surface area contributed by atoms with E-state index >= 15 is 0 Å². The Morgan fingerprint density at radius 2 is 2.32 bits per heavy atom. The molecule has 1 rings (SSSR count). The zero-order valence-electron chi connectivity index (χ0n) is 10.6. The van der Waals surface area contributed by atoms with E-state index in [0.717, 1.165) is 0 Å². The molecular formula is C12H18N2O4S. The lowest BCUT2D eigenvalue weighted by molar-refractivity contribution is -0.113. The summed E-state index contributed by atoms with van der Waals surface area (Å²) in [7, 11) is 1.51. The van der Waals surface area contributed by atoms with Crippen molar-refractivity contribution in [2.24, 2.45) is 0 Å². The molecule has 0 saturated carbocycles. The highest BCUT2D eigenvalue weighted by Crippen LogP contribution is 2.26. The Balaban J connectivity index is 2.50. The van der Waals surface area contributed by atoms with Gasteiger partial charge in [0.2, 0.25) is 5.91 Å². The Hall–Kier alpha value is -1.44. The number of hydrogen-bond donors (Lipinski definition) is 4. The number of anilines is 2. The normalized spacial score (nSPS) is 11.9. The third-order valence-electron chi connectivity index (χ3n) is 2.25. The first-order valence-electron chi connectivity index (χ1n) is 5.67. The van der Waals surface area contributed by atoms with E-state index < -0.39 is 6.10 Å². The van der Waals surface area contributed by atoms with E-state index in [0.29, 0.717) is 22.9 Å². The average Bonchev–Trinajstić information content (AvgIpc) is 2.38. The summed E-state index contributed by atoms with van der Waals surface area (Å²) in [5, 5.41) is 20.5. The largest absolute Gasteiger partial charge is 0.495 e. The standard InChI is InChI=1S/C12H18N2O4S/c1-18-11-3-2-8(13)4-10(11)14-12(17)7-19-6-9(16)5-15/h2-4,9,15-16H,5-7,13H2,1H3,(H,14,17). The van der Waals surface area contributed by atoms with Crippen LogP contribution in [0.4, 0.5) is 11.4 Å². The van der Waals surface area contributed by atoms with Crippen molar-refractivity contribution in [3.8, 4) is 5.75 Å². The van der Waals surface area contributed by atoms with E-state index in [-0.39, 0.29) is 18.3 Å². The first-order chi connectivity index (χ1) is 9.06. The summed E-state index contributed by atoms with van der Waals surface area (Å²) in [6.07, 6.45) is -0.806. The molecule has 106 valence electrons. The minimum Gasteiger partial charge on any atom is -0.495 e. The number of hydrogen-bond acceptors (Lipinski definition) is 6. The number of methoxy groups -OCH3 is 1. The van der Waals surface area contributed by atoms with Gasteiger partial charge >= 0.3 is 0 Å². The van der Waals surface area contributed by atoms with E-state index in [1.807, 2.05) is 0 Å². The van der Waals surface area contributed by atoms with Crippen molar-refractivity contribution in [2.75, 3.05) is 36.3 Å². The number of rotatable bonds is 7. The molecule has 0 radical (unpaired) electrons. The zero-order chi connectivity index (χ0) is 14.3. The molecule has 1 amide bonds. The molecule has 0 aliphatic heterocycles. The van der Waals surface area contributed by atoms with E-state index in [2.05, 4.69) is 5.32 Å². The fraction of sp³-hybridized carbons (Fsp3) is 0.417. The van der Waals surface area contributed by atoms with Crippen LogP contribution in [-0.4, -0.2) is 47.4 Å². The molecule has 1 aromatic carbocycles. The molecule has 6 nitrogen and oxygen atoms in total. The van der Waals surface area contributed by atoms with Gasteiger partial charge in [0.15, 0.2) is 0 Å². The number of nitrogen functional groups attached to an aromatic ring is 1. The van der Waals surface area contributed by atoms with Gasteiger partial charge in [0, 0.05) is 11.4 Å². The molecule has 0 heterocycles. The maximum Gasteiger partial charge on any atom is 0.234 e. The minimum absolute atomic E-state index is 0.176. The van der Waals surface area contributed by atoms with Gasteiger partial charge in [-0.25, -0.2) is 0 Å². The average molecular weight is 286 g/mol. The maximum atomic E-state index is 11.7. The second-order valence-electron chi connectivity index (χ2n) is 3.86. The second-order valence-corrected chi connectivity index (χ2v) is 4.89. The van der Waals surface area contributed by atoms with Crippen LogP contribution in [0.25, 0.3) is 0 Å². The van der Waals surface area contributed by atoms with E-state index in [1.54, 1.807) is 18.2 Å². The van der Waals surface area contributed by atoms with Gasteiger partial charge in [-0.1, -0.05) is 0 Å². The zero-order valence-corrected chi connectivity index (χ0v) is 11.4. The molecule has 0 spiro atoms. The number of amides is 1. The van der Waals surface area contributed by atoms with Crippen LogP contribution < -0.4 is 15.8 Å². The molecule has 0 aliphatic rings. The van der Waals surface area contributed by atoms with Crippen molar-refractivity contribution in [1.82, 2.24) is 0 Å². The number of aliphatic hydroxyl groups excluding tert-OH is 2. The number of ether oxygens (including phenoxy) is 1. The first kappa shape index (κ1) is 15.6. The van der Waals surface area contributed by atoms with E-state index in [4.69, 9.17) is 20.7 Å². The van der Waals surface area contributed by atoms with Crippen LogP contribution in [0.1, 0.15) is 0 Å². The minimum atomic E-state index is -0.806. The van der Waals surface area contributed by atoms with Crippen LogP contribution in [0.15, 0.2) is 18.2 Å². The number of thioether (sulfide) groups is 1. The molecule has 0 aliphatic carbocycles. The topological polar surface area (TPSA) is 105 Å².